The third-order valence-electron chi connectivity index (χ3n) is 3.76. The highest BCUT2D eigenvalue weighted by molar-refractivity contribution is 5.96. The monoisotopic (exact) mass is 351 g/mol. The number of nitrogens with one attached hydrogen (secondary N) is 1. The van der Waals surface area contributed by atoms with Crippen LogP contribution >= 0.6 is 0 Å². The van der Waals surface area contributed by atoms with Gasteiger partial charge in [-0.1, -0.05) is 36.4 Å². The minimum atomic E-state index is -1.08. The fourth-order valence-electron chi connectivity index (χ4n) is 2.44. The van der Waals surface area contributed by atoms with Crippen molar-refractivity contribution in [1.82, 2.24) is 0 Å². The smallest absolute Gasteiger partial charge is 0.337 e. The number of carbonyl (C=O) groups is 1. The first kappa shape index (κ1) is 17.4. The number of hydrogen-bond donors (Lipinski definition) is 2. The van der Waals surface area contributed by atoms with Crippen LogP contribution in [0.1, 0.15) is 21.5 Å². The van der Waals surface area contributed by atoms with Gasteiger partial charge in [0.1, 0.15) is 11.6 Å². The van der Waals surface area contributed by atoms with Crippen molar-refractivity contribution in [1.29, 1.82) is 0 Å². The van der Waals surface area contributed by atoms with E-state index in [9.17, 15) is 18.7 Å². The number of rotatable bonds is 5. The highest BCUT2D eigenvalue weighted by atomic mass is 19.1. The minimum absolute atomic E-state index is 0.0809. The van der Waals surface area contributed by atoms with Crippen LogP contribution in [0, 0.1) is 11.6 Å². The van der Waals surface area contributed by atoms with Gasteiger partial charge in [0.15, 0.2) is 0 Å². The van der Waals surface area contributed by atoms with Crippen LogP contribution < -0.4 is 5.32 Å². The average Bonchev–Trinajstić information content (AvgIpc) is 2.63. The molecule has 0 aliphatic carbocycles. The third kappa shape index (κ3) is 4.13. The zero-order chi connectivity index (χ0) is 18.5. The number of anilines is 2. The van der Waals surface area contributed by atoms with Crippen molar-refractivity contribution in [3.05, 3.63) is 95.1 Å². The summed E-state index contributed by atoms with van der Waals surface area (Å²) in [5, 5.41) is 12.3. The lowest BCUT2D eigenvalue weighted by Crippen LogP contribution is -2.03. The van der Waals surface area contributed by atoms with Crippen molar-refractivity contribution in [3.63, 3.8) is 0 Å². The van der Waals surface area contributed by atoms with Crippen LogP contribution in [-0.4, -0.2) is 11.1 Å². The Morgan fingerprint density at radius 3 is 2.35 bits per heavy atom. The van der Waals surface area contributed by atoms with Gasteiger partial charge >= 0.3 is 5.97 Å². The van der Waals surface area contributed by atoms with Crippen LogP contribution in [-0.2, 0) is 0 Å². The van der Waals surface area contributed by atoms with Gasteiger partial charge < -0.3 is 10.4 Å². The second-order valence-electron chi connectivity index (χ2n) is 5.60. The van der Waals surface area contributed by atoms with E-state index < -0.39 is 5.97 Å². The number of benzene rings is 3. The Balaban J connectivity index is 1.92. The molecule has 0 heterocycles. The Hall–Kier alpha value is -3.47. The van der Waals surface area contributed by atoms with Crippen LogP contribution in [0.3, 0.4) is 0 Å². The molecule has 0 saturated heterocycles. The molecule has 0 aliphatic rings. The fourth-order valence-corrected chi connectivity index (χ4v) is 2.44. The third-order valence-corrected chi connectivity index (χ3v) is 3.76. The standard InChI is InChI=1S/C21H15F2NO2/c22-16-8-10-17(11-9-16)24-20-13-14(6-12-18(20)21(25)26)5-7-15-3-1-2-4-19(15)23/h1-13,24H,(H,25,26). The molecular formula is C21H15F2NO2. The molecule has 130 valence electrons. The second kappa shape index (κ2) is 7.61. The predicted octanol–water partition coefficient (Wildman–Crippen LogP) is 5.58. The van der Waals surface area contributed by atoms with E-state index in [2.05, 4.69) is 5.32 Å². The van der Waals surface area contributed by atoms with Crippen molar-refractivity contribution >= 4 is 29.5 Å². The van der Waals surface area contributed by atoms with Gasteiger partial charge in [0.05, 0.1) is 11.3 Å². The predicted molar refractivity (Wildman–Crippen MR) is 98.4 cm³/mol. The number of carboxylic acids is 1. The quantitative estimate of drug-likeness (QED) is 0.590. The van der Waals surface area contributed by atoms with Gasteiger partial charge in [-0.25, -0.2) is 13.6 Å². The molecule has 2 N–H and O–H groups in total. The maximum Gasteiger partial charge on any atom is 0.337 e. The average molecular weight is 351 g/mol. The molecule has 0 aliphatic heterocycles. The summed E-state index contributed by atoms with van der Waals surface area (Å²) in [6.07, 6.45) is 3.31. The highest BCUT2D eigenvalue weighted by Gasteiger charge is 2.10. The van der Waals surface area contributed by atoms with Crippen LogP contribution in [0.15, 0.2) is 66.7 Å². The molecule has 3 nitrogen and oxygen atoms in total. The first-order chi connectivity index (χ1) is 12.5. The normalized spacial score (nSPS) is 10.8. The minimum Gasteiger partial charge on any atom is -0.478 e. The summed E-state index contributed by atoms with van der Waals surface area (Å²) in [6.45, 7) is 0. The van der Waals surface area contributed by atoms with E-state index in [1.165, 1.54) is 36.4 Å². The van der Waals surface area contributed by atoms with E-state index in [0.717, 1.165) is 0 Å². The molecule has 3 aromatic carbocycles. The Morgan fingerprint density at radius 1 is 0.923 bits per heavy atom. The van der Waals surface area contributed by atoms with Gasteiger partial charge in [0, 0.05) is 11.3 Å². The summed E-state index contributed by atoms with van der Waals surface area (Å²) in [6, 6.07) is 16.7. The van der Waals surface area contributed by atoms with Crippen molar-refractivity contribution in [2.24, 2.45) is 0 Å². The Bertz CT molecular complexity index is 966. The Labute approximate surface area is 149 Å². The second-order valence-corrected chi connectivity index (χ2v) is 5.60. The SMILES string of the molecule is O=C(O)c1ccc(C=Cc2ccccc2F)cc1Nc1ccc(F)cc1. The van der Waals surface area contributed by atoms with Crippen LogP contribution in [0.5, 0.6) is 0 Å². The molecule has 0 atom stereocenters. The molecular weight excluding hydrogens is 336 g/mol. The molecule has 0 unspecified atom stereocenters. The van der Waals surface area contributed by atoms with Gasteiger partial charge in [-0.05, 0) is 48.0 Å². The molecule has 3 rings (SSSR count). The first-order valence-electron chi connectivity index (χ1n) is 7.85. The van der Waals surface area contributed by atoms with Crippen molar-refractivity contribution in [3.8, 4) is 0 Å². The lowest BCUT2D eigenvalue weighted by atomic mass is 10.1. The highest BCUT2D eigenvalue weighted by Crippen LogP contribution is 2.24. The molecule has 0 bridgehead atoms. The van der Waals surface area contributed by atoms with Gasteiger partial charge in [-0.2, -0.15) is 0 Å². The van der Waals surface area contributed by atoms with Crippen molar-refractivity contribution in [2.75, 3.05) is 5.32 Å². The molecule has 0 aromatic heterocycles. The summed E-state index contributed by atoms with van der Waals surface area (Å²) in [7, 11) is 0. The zero-order valence-electron chi connectivity index (χ0n) is 13.6. The molecule has 0 radical (unpaired) electrons. The lowest BCUT2D eigenvalue weighted by Gasteiger charge is -2.11. The fraction of sp³-hybridized carbons (Fsp3) is 0. The zero-order valence-corrected chi connectivity index (χ0v) is 13.6. The lowest BCUT2D eigenvalue weighted by molar-refractivity contribution is 0.0698. The number of carboxylic acid groups (broad SMARTS) is 1. The number of halogens is 2. The molecule has 0 fully saturated rings. The van der Waals surface area contributed by atoms with Crippen LogP contribution in [0.25, 0.3) is 12.2 Å². The van der Waals surface area contributed by atoms with Crippen molar-refractivity contribution in [2.45, 2.75) is 0 Å². The molecule has 3 aromatic rings. The first-order valence-corrected chi connectivity index (χ1v) is 7.85. The van der Waals surface area contributed by atoms with E-state index in [-0.39, 0.29) is 17.2 Å². The largest absolute Gasteiger partial charge is 0.478 e. The van der Waals surface area contributed by atoms with E-state index in [0.29, 0.717) is 22.5 Å². The van der Waals surface area contributed by atoms with Gasteiger partial charge in [0.2, 0.25) is 0 Å². The maximum atomic E-state index is 13.7. The van der Waals surface area contributed by atoms with E-state index in [4.69, 9.17) is 0 Å². The summed E-state index contributed by atoms with van der Waals surface area (Å²) in [4.78, 5) is 11.4. The topological polar surface area (TPSA) is 49.3 Å². The Kier molecular flexibility index (Phi) is 5.08. The summed E-state index contributed by atoms with van der Waals surface area (Å²) in [5.74, 6) is -1.80. The van der Waals surface area contributed by atoms with Crippen LogP contribution in [0.2, 0.25) is 0 Å². The van der Waals surface area contributed by atoms with Gasteiger partial charge in [-0.15, -0.1) is 0 Å². The van der Waals surface area contributed by atoms with E-state index >= 15 is 0 Å². The number of hydrogen-bond acceptors (Lipinski definition) is 2. The van der Waals surface area contributed by atoms with Crippen LogP contribution in [0.4, 0.5) is 20.2 Å². The van der Waals surface area contributed by atoms with Gasteiger partial charge in [0.25, 0.3) is 0 Å². The van der Waals surface area contributed by atoms with E-state index in [1.807, 2.05) is 0 Å². The summed E-state index contributed by atoms with van der Waals surface area (Å²) in [5.41, 5.74) is 2.13. The number of aromatic carboxylic acids is 1. The van der Waals surface area contributed by atoms with Gasteiger partial charge in [-0.3, -0.25) is 0 Å². The maximum absolute atomic E-state index is 13.7. The Morgan fingerprint density at radius 2 is 1.65 bits per heavy atom. The van der Waals surface area contributed by atoms with E-state index in [1.54, 1.807) is 42.5 Å². The molecule has 0 spiro atoms. The summed E-state index contributed by atoms with van der Waals surface area (Å²) >= 11 is 0. The molecule has 0 saturated carbocycles. The summed E-state index contributed by atoms with van der Waals surface area (Å²) < 4.78 is 26.7. The molecule has 5 heteroatoms. The molecule has 26 heavy (non-hydrogen) atoms. The van der Waals surface area contributed by atoms with Crippen molar-refractivity contribution < 1.29 is 18.7 Å². The molecule has 0 amide bonds.